The Bertz CT molecular complexity index is 1030. The number of benzene rings is 1. The number of aliphatic imine (C=N–C) groups is 1. The summed E-state index contributed by atoms with van der Waals surface area (Å²) in [6.45, 7) is 0. The van der Waals surface area contributed by atoms with Gasteiger partial charge >= 0.3 is 0 Å². The van der Waals surface area contributed by atoms with Crippen molar-refractivity contribution in [1.29, 1.82) is 0 Å². The molecule has 0 saturated heterocycles. The Balaban J connectivity index is 1.61. The number of hydrogen-bond donors (Lipinski definition) is 3. The van der Waals surface area contributed by atoms with Crippen molar-refractivity contribution in [2.45, 2.75) is 12.8 Å². The van der Waals surface area contributed by atoms with Gasteiger partial charge < -0.3 is 10.2 Å². The van der Waals surface area contributed by atoms with E-state index >= 15 is 0 Å². The summed E-state index contributed by atoms with van der Waals surface area (Å²) in [4.78, 5) is 20.7. The molecule has 1 aliphatic rings. The van der Waals surface area contributed by atoms with Gasteiger partial charge in [0, 0.05) is 29.2 Å². The number of rotatable bonds is 4. The van der Waals surface area contributed by atoms with Gasteiger partial charge in [-0.15, -0.1) is 0 Å². The third kappa shape index (κ3) is 3.01. The zero-order valence-electron chi connectivity index (χ0n) is 13.4. The lowest BCUT2D eigenvalue weighted by molar-refractivity contribution is 0.475. The molecule has 0 spiro atoms. The van der Waals surface area contributed by atoms with Crippen LogP contribution in [0.25, 0.3) is 11.6 Å². The predicted octanol–water partition coefficient (Wildman–Crippen LogP) is 2.85. The summed E-state index contributed by atoms with van der Waals surface area (Å²) in [6, 6.07) is 10.9. The molecule has 0 saturated carbocycles. The number of phenols is 1. The molecule has 6 nitrogen and oxygen atoms in total. The minimum atomic E-state index is -0.154. The zero-order valence-corrected chi connectivity index (χ0v) is 13.4. The van der Waals surface area contributed by atoms with Crippen molar-refractivity contribution in [2.24, 2.45) is 4.99 Å². The molecule has 3 heterocycles. The van der Waals surface area contributed by atoms with Crippen LogP contribution in [0.1, 0.15) is 22.4 Å². The van der Waals surface area contributed by atoms with Gasteiger partial charge in [0.2, 0.25) is 0 Å². The SMILES string of the molecule is O=c1[nH][nH]c(CCc2ccc(O)cc2)c1C=C1C=Nc2ncccc21. The van der Waals surface area contributed by atoms with E-state index in [9.17, 15) is 9.90 Å². The van der Waals surface area contributed by atoms with E-state index in [0.29, 0.717) is 17.8 Å². The normalized spacial score (nSPS) is 14.2. The fourth-order valence-corrected chi connectivity index (χ4v) is 2.88. The molecule has 0 unspecified atom stereocenters. The number of nitrogens with zero attached hydrogens (tertiary/aromatic N) is 2. The van der Waals surface area contributed by atoms with Crippen LogP contribution in [0.15, 0.2) is 52.4 Å². The third-order valence-electron chi connectivity index (χ3n) is 4.22. The number of fused-ring (bicyclic) bond motifs is 1. The molecule has 124 valence electrons. The third-order valence-corrected chi connectivity index (χ3v) is 4.22. The first-order valence-corrected chi connectivity index (χ1v) is 7.99. The summed E-state index contributed by atoms with van der Waals surface area (Å²) in [7, 11) is 0. The second kappa shape index (κ2) is 6.24. The van der Waals surface area contributed by atoms with Crippen molar-refractivity contribution in [3.05, 3.63) is 75.3 Å². The lowest BCUT2D eigenvalue weighted by Gasteiger charge is -2.02. The number of hydrogen-bond acceptors (Lipinski definition) is 4. The van der Waals surface area contributed by atoms with Crippen LogP contribution in [-0.4, -0.2) is 26.5 Å². The fraction of sp³-hybridized carbons (Fsp3) is 0.105. The van der Waals surface area contributed by atoms with Gasteiger partial charge in [-0.05, 0) is 48.7 Å². The Morgan fingerprint density at radius 2 is 1.92 bits per heavy atom. The average molecular weight is 332 g/mol. The molecule has 0 amide bonds. The maximum atomic E-state index is 12.2. The Hall–Kier alpha value is -3.41. The minimum absolute atomic E-state index is 0.154. The van der Waals surface area contributed by atoms with Crippen LogP contribution in [0, 0.1) is 0 Å². The zero-order chi connectivity index (χ0) is 17.2. The number of nitrogens with one attached hydrogen (secondary N) is 2. The lowest BCUT2D eigenvalue weighted by Crippen LogP contribution is -2.03. The second-order valence-electron chi connectivity index (χ2n) is 5.87. The van der Waals surface area contributed by atoms with Crippen LogP contribution in [-0.2, 0) is 12.8 Å². The van der Waals surface area contributed by atoms with E-state index in [0.717, 1.165) is 28.8 Å². The molecule has 6 heteroatoms. The standard InChI is InChI=1S/C19H16N4O2/c24-14-6-3-12(4-7-14)5-8-17-16(19(25)23-22-17)10-13-11-21-18-15(13)2-1-9-20-18/h1-4,6-7,9-11,24H,5,8H2,(H2,22,23,25). The van der Waals surface area contributed by atoms with Crippen molar-refractivity contribution in [3.8, 4) is 5.75 Å². The van der Waals surface area contributed by atoms with Gasteiger partial charge in [0.15, 0.2) is 5.82 Å². The molecule has 1 aromatic carbocycles. The topological polar surface area (TPSA) is 94.1 Å². The number of H-pyrrole nitrogens is 2. The minimum Gasteiger partial charge on any atom is -0.508 e. The number of phenolic OH excluding ortho intramolecular Hbond substituents is 1. The smallest absolute Gasteiger partial charge is 0.271 e. The van der Waals surface area contributed by atoms with E-state index in [4.69, 9.17) is 0 Å². The first kappa shape index (κ1) is 15.1. The predicted molar refractivity (Wildman–Crippen MR) is 97.2 cm³/mol. The molecule has 1 aliphatic heterocycles. The first-order chi connectivity index (χ1) is 12.2. The molecule has 0 bridgehead atoms. The number of aromatic hydroxyl groups is 1. The fourth-order valence-electron chi connectivity index (χ4n) is 2.88. The first-order valence-electron chi connectivity index (χ1n) is 7.99. The van der Waals surface area contributed by atoms with Crippen LogP contribution >= 0.6 is 0 Å². The highest BCUT2D eigenvalue weighted by Crippen LogP contribution is 2.30. The highest BCUT2D eigenvalue weighted by atomic mass is 16.3. The Kier molecular flexibility index (Phi) is 3.78. The molecule has 25 heavy (non-hydrogen) atoms. The number of allylic oxidation sites excluding steroid dienone is 1. The van der Waals surface area contributed by atoms with Gasteiger partial charge in [0.1, 0.15) is 5.75 Å². The quantitative estimate of drug-likeness (QED) is 0.685. The van der Waals surface area contributed by atoms with Crippen molar-refractivity contribution < 1.29 is 5.11 Å². The second-order valence-corrected chi connectivity index (χ2v) is 5.87. The number of aromatic nitrogens is 3. The highest BCUT2D eigenvalue weighted by molar-refractivity contribution is 6.20. The van der Waals surface area contributed by atoms with Crippen molar-refractivity contribution in [3.63, 3.8) is 0 Å². The van der Waals surface area contributed by atoms with Gasteiger partial charge in [-0.2, -0.15) is 0 Å². The number of pyridine rings is 1. The van der Waals surface area contributed by atoms with Gasteiger partial charge in [-0.25, -0.2) is 9.98 Å². The van der Waals surface area contributed by atoms with Crippen molar-refractivity contribution >= 4 is 23.7 Å². The maximum Gasteiger partial charge on any atom is 0.271 e. The maximum absolute atomic E-state index is 12.2. The summed E-state index contributed by atoms with van der Waals surface area (Å²) >= 11 is 0. The number of aryl methyl sites for hydroxylation is 2. The monoisotopic (exact) mass is 332 g/mol. The molecule has 0 radical (unpaired) electrons. The average Bonchev–Trinajstić information content (AvgIpc) is 3.20. The summed E-state index contributed by atoms with van der Waals surface area (Å²) in [5, 5.41) is 15.0. The Morgan fingerprint density at radius 3 is 2.76 bits per heavy atom. The van der Waals surface area contributed by atoms with Crippen LogP contribution in [0.5, 0.6) is 5.75 Å². The van der Waals surface area contributed by atoms with E-state index in [1.165, 1.54) is 0 Å². The van der Waals surface area contributed by atoms with Crippen LogP contribution in [0.2, 0.25) is 0 Å². The van der Waals surface area contributed by atoms with E-state index < -0.39 is 0 Å². The molecule has 2 aromatic heterocycles. The molecular weight excluding hydrogens is 316 g/mol. The van der Waals surface area contributed by atoms with Gasteiger partial charge in [-0.1, -0.05) is 12.1 Å². The molecular formula is C19H16N4O2. The lowest BCUT2D eigenvalue weighted by atomic mass is 10.0. The molecule has 3 N–H and O–H groups in total. The van der Waals surface area contributed by atoms with Crippen molar-refractivity contribution in [1.82, 2.24) is 15.2 Å². The van der Waals surface area contributed by atoms with Gasteiger partial charge in [0.25, 0.3) is 5.56 Å². The van der Waals surface area contributed by atoms with Gasteiger partial charge in [-0.3, -0.25) is 9.89 Å². The van der Waals surface area contributed by atoms with Gasteiger partial charge in [0.05, 0.1) is 5.56 Å². The number of aromatic amines is 2. The van der Waals surface area contributed by atoms with E-state index in [1.807, 2.05) is 30.3 Å². The Morgan fingerprint density at radius 1 is 1.08 bits per heavy atom. The van der Waals surface area contributed by atoms with E-state index in [-0.39, 0.29) is 11.3 Å². The van der Waals surface area contributed by atoms with E-state index in [1.54, 1.807) is 24.5 Å². The van der Waals surface area contributed by atoms with Crippen molar-refractivity contribution in [2.75, 3.05) is 0 Å². The molecule has 0 fully saturated rings. The van der Waals surface area contributed by atoms with Crippen LogP contribution in [0.3, 0.4) is 0 Å². The Labute approximate surface area is 143 Å². The summed E-state index contributed by atoms with van der Waals surface area (Å²) in [5.74, 6) is 0.920. The van der Waals surface area contributed by atoms with Crippen LogP contribution < -0.4 is 5.56 Å². The molecule has 0 aliphatic carbocycles. The van der Waals surface area contributed by atoms with Crippen LogP contribution in [0.4, 0.5) is 5.82 Å². The highest BCUT2D eigenvalue weighted by Gasteiger charge is 2.15. The summed E-state index contributed by atoms with van der Waals surface area (Å²) in [6.07, 6.45) is 6.72. The largest absolute Gasteiger partial charge is 0.508 e. The van der Waals surface area contributed by atoms with E-state index in [2.05, 4.69) is 20.2 Å². The summed E-state index contributed by atoms with van der Waals surface area (Å²) in [5.41, 5.74) is 4.19. The molecule has 0 atom stereocenters. The molecule has 4 rings (SSSR count). The summed E-state index contributed by atoms with van der Waals surface area (Å²) < 4.78 is 0. The molecule has 3 aromatic rings.